The number of fused-ring (bicyclic) bond motifs is 2. The topological polar surface area (TPSA) is 49.4 Å². The first kappa shape index (κ1) is 13.3. The van der Waals surface area contributed by atoms with Crippen molar-refractivity contribution in [2.75, 3.05) is 13.1 Å². The molecule has 100 valence electrons. The minimum absolute atomic E-state index is 0.298. The van der Waals surface area contributed by atoms with Crippen LogP contribution >= 0.6 is 0 Å². The molecule has 0 aromatic carbocycles. The van der Waals surface area contributed by atoms with E-state index in [0.717, 1.165) is 19.4 Å². The fourth-order valence-corrected chi connectivity index (χ4v) is 4.72. The molecule has 0 aromatic rings. The lowest BCUT2D eigenvalue weighted by Gasteiger charge is -2.29. The van der Waals surface area contributed by atoms with E-state index in [1.54, 1.807) is 4.31 Å². The summed E-state index contributed by atoms with van der Waals surface area (Å²) < 4.78 is 26.6. The molecule has 0 spiro atoms. The van der Waals surface area contributed by atoms with E-state index in [1.165, 1.54) is 6.42 Å². The Morgan fingerprint density at radius 2 is 2.00 bits per heavy atom. The number of nitrogens with zero attached hydrogens (tertiary/aromatic N) is 1. The van der Waals surface area contributed by atoms with Crippen LogP contribution in [0.3, 0.4) is 0 Å². The van der Waals surface area contributed by atoms with Crippen LogP contribution in [0.25, 0.3) is 0 Å². The van der Waals surface area contributed by atoms with E-state index in [1.807, 2.05) is 20.8 Å². The van der Waals surface area contributed by atoms with Gasteiger partial charge in [0.2, 0.25) is 10.0 Å². The molecule has 0 amide bonds. The largest absolute Gasteiger partial charge is 0.313 e. The molecule has 2 aliphatic rings. The quantitative estimate of drug-likeness (QED) is 0.808. The van der Waals surface area contributed by atoms with Gasteiger partial charge in [0.15, 0.2) is 0 Å². The standard InChI is InChI=1S/C12H24N2O2S/c1-9(2)13-7-10(3)17(15,16)14-8-11-4-5-12(14)6-11/h9-13H,4-8H2,1-3H3. The second-order valence-electron chi connectivity index (χ2n) is 5.82. The van der Waals surface area contributed by atoms with Gasteiger partial charge in [-0.25, -0.2) is 8.42 Å². The maximum Gasteiger partial charge on any atom is 0.218 e. The Hall–Kier alpha value is -0.130. The summed E-state index contributed by atoms with van der Waals surface area (Å²) in [6, 6.07) is 0.633. The minimum atomic E-state index is -3.09. The summed E-state index contributed by atoms with van der Waals surface area (Å²) in [7, 11) is -3.09. The molecule has 1 aliphatic carbocycles. The highest BCUT2D eigenvalue weighted by Gasteiger charge is 2.45. The van der Waals surface area contributed by atoms with Crippen molar-refractivity contribution in [2.24, 2.45) is 5.92 Å². The van der Waals surface area contributed by atoms with Crippen molar-refractivity contribution in [1.29, 1.82) is 0 Å². The van der Waals surface area contributed by atoms with Crippen LogP contribution in [-0.4, -0.2) is 43.1 Å². The first-order valence-electron chi connectivity index (χ1n) is 6.65. The van der Waals surface area contributed by atoms with Crippen molar-refractivity contribution in [3.63, 3.8) is 0 Å². The van der Waals surface area contributed by atoms with Crippen LogP contribution in [0.5, 0.6) is 0 Å². The summed E-state index contributed by atoms with van der Waals surface area (Å²) in [4.78, 5) is 0. The molecule has 2 rings (SSSR count). The molecule has 5 heteroatoms. The molecule has 4 nitrogen and oxygen atoms in total. The lowest BCUT2D eigenvalue weighted by molar-refractivity contribution is 0.329. The van der Waals surface area contributed by atoms with Gasteiger partial charge in [-0.05, 0) is 32.1 Å². The summed E-state index contributed by atoms with van der Waals surface area (Å²) in [5.41, 5.74) is 0. The average Bonchev–Trinajstić information content (AvgIpc) is 2.87. The van der Waals surface area contributed by atoms with Crippen LogP contribution in [-0.2, 0) is 10.0 Å². The summed E-state index contributed by atoms with van der Waals surface area (Å²) in [6.45, 7) is 7.21. The van der Waals surface area contributed by atoms with E-state index >= 15 is 0 Å². The van der Waals surface area contributed by atoms with Gasteiger partial charge in [0.05, 0.1) is 5.25 Å². The van der Waals surface area contributed by atoms with Gasteiger partial charge in [0, 0.05) is 25.2 Å². The third-order valence-electron chi connectivity index (χ3n) is 4.01. The van der Waals surface area contributed by atoms with Crippen LogP contribution < -0.4 is 5.32 Å². The number of hydrogen-bond acceptors (Lipinski definition) is 3. The summed E-state index contributed by atoms with van der Waals surface area (Å²) >= 11 is 0. The Labute approximate surface area is 105 Å². The third kappa shape index (κ3) is 2.66. The molecule has 0 radical (unpaired) electrons. The fraction of sp³-hybridized carbons (Fsp3) is 1.00. The predicted molar refractivity (Wildman–Crippen MR) is 69.4 cm³/mol. The van der Waals surface area contributed by atoms with Crippen molar-refractivity contribution in [3.8, 4) is 0 Å². The fourth-order valence-electron chi connectivity index (χ4n) is 2.93. The van der Waals surface area contributed by atoms with E-state index < -0.39 is 10.0 Å². The van der Waals surface area contributed by atoms with Gasteiger partial charge < -0.3 is 5.32 Å². The Morgan fingerprint density at radius 1 is 1.29 bits per heavy atom. The number of piperidine rings is 1. The Bertz CT molecular complexity index is 367. The van der Waals surface area contributed by atoms with E-state index in [2.05, 4.69) is 5.32 Å². The molecule has 1 heterocycles. The summed E-state index contributed by atoms with van der Waals surface area (Å²) in [5, 5.41) is 2.90. The van der Waals surface area contributed by atoms with E-state index in [0.29, 0.717) is 24.5 Å². The molecule has 17 heavy (non-hydrogen) atoms. The third-order valence-corrected chi connectivity index (χ3v) is 6.29. The number of nitrogens with one attached hydrogen (secondary N) is 1. The smallest absolute Gasteiger partial charge is 0.218 e. The Morgan fingerprint density at radius 3 is 2.47 bits per heavy atom. The van der Waals surface area contributed by atoms with Crippen molar-refractivity contribution in [2.45, 2.75) is 57.4 Å². The van der Waals surface area contributed by atoms with Crippen molar-refractivity contribution >= 4 is 10.0 Å². The normalized spacial score (nSPS) is 31.3. The van der Waals surface area contributed by atoms with Gasteiger partial charge in [-0.1, -0.05) is 13.8 Å². The second kappa shape index (κ2) is 4.86. The van der Waals surface area contributed by atoms with Crippen LogP contribution in [0.1, 0.15) is 40.0 Å². The van der Waals surface area contributed by atoms with Gasteiger partial charge in [0.1, 0.15) is 0 Å². The second-order valence-corrected chi connectivity index (χ2v) is 8.12. The Kier molecular flexibility index (Phi) is 3.80. The summed E-state index contributed by atoms with van der Waals surface area (Å²) in [5.74, 6) is 0.625. The first-order chi connectivity index (χ1) is 7.91. The van der Waals surface area contributed by atoms with Crippen LogP contribution in [0, 0.1) is 5.92 Å². The number of hydrogen-bond donors (Lipinski definition) is 1. The monoisotopic (exact) mass is 260 g/mol. The zero-order valence-electron chi connectivity index (χ0n) is 11.0. The maximum atomic E-state index is 12.4. The highest BCUT2D eigenvalue weighted by molar-refractivity contribution is 7.89. The number of rotatable bonds is 5. The zero-order valence-corrected chi connectivity index (χ0v) is 11.8. The minimum Gasteiger partial charge on any atom is -0.313 e. The zero-order chi connectivity index (χ0) is 12.6. The molecular weight excluding hydrogens is 236 g/mol. The van der Waals surface area contributed by atoms with Crippen molar-refractivity contribution in [1.82, 2.24) is 9.62 Å². The van der Waals surface area contributed by atoms with E-state index in [-0.39, 0.29) is 5.25 Å². The van der Waals surface area contributed by atoms with Crippen LogP contribution in [0.15, 0.2) is 0 Å². The maximum absolute atomic E-state index is 12.4. The highest BCUT2D eigenvalue weighted by Crippen LogP contribution is 2.39. The van der Waals surface area contributed by atoms with Crippen LogP contribution in [0.2, 0.25) is 0 Å². The van der Waals surface area contributed by atoms with E-state index in [9.17, 15) is 8.42 Å². The molecular formula is C12H24N2O2S. The molecule has 3 unspecified atom stereocenters. The van der Waals surface area contributed by atoms with Gasteiger partial charge >= 0.3 is 0 Å². The Balaban J connectivity index is 1.98. The molecule has 2 bridgehead atoms. The molecule has 1 aliphatic heterocycles. The lowest BCUT2D eigenvalue weighted by Crippen LogP contribution is -2.46. The highest BCUT2D eigenvalue weighted by atomic mass is 32.2. The molecule has 1 N–H and O–H groups in total. The molecule has 3 atom stereocenters. The van der Waals surface area contributed by atoms with Gasteiger partial charge in [0.25, 0.3) is 0 Å². The first-order valence-corrected chi connectivity index (χ1v) is 8.15. The van der Waals surface area contributed by atoms with Gasteiger partial charge in [-0.3, -0.25) is 0 Å². The molecule has 1 saturated heterocycles. The van der Waals surface area contributed by atoms with Crippen molar-refractivity contribution in [3.05, 3.63) is 0 Å². The van der Waals surface area contributed by atoms with Gasteiger partial charge in [-0.15, -0.1) is 0 Å². The van der Waals surface area contributed by atoms with Gasteiger partial charge in [-0.2, -0.15) is 4.31 Å². The van der Waals surface area contributed by atoms with Crippen molar-refractivity contribution < 1.29 is 8.42 Å². The van der Waals surface area contributed by atoms with Crippen LogP contribution in [0.4, 0.5) is 0 Å². The lowest BCUT2D eigenvalue weighted by atomic mass is 10.1. The van der Waals surface area contributed by atoms with E-state index in [4.69, 9.17) is 0 Å². The molecule has 1 saturated carbocycles. The molecule has 2 fully saturated rings. The molecule has 0 aromatic heterocycles. The predicted octanol–water partition coefficient (Wildman–Crippen LogP) is 1.19. The summed E-state index contributed by atoms with van der Waals surface area (Å²) in [6.07, 6.45) is 3.37. The average molecular weight is 260 g/mol. The SMILES string of the molecule is CC(C)NCC(C)S(=O)(=O)N1CC2CCC1C2. The number of sulfonamides is 1.